The summed E-state index contributed by atoms with van der Waals surface area (Å²) >= 11 is 0. The van der Waals surface area contributed by atoms with Gasteiger partial charge >= 0.3 is 6.18 Å². The van der Waals surface area contributed by atoms with E-state index >= 15 is 0 Å². The summed E-state index contributed by atoms with van der Waals surface area (Å²) in [5, 5.41) is 2.42. The second kappa shape index (κ2) is 7.59. The Morgan fingerprint density at radius 2 is 2.00 bits per heavy atom. The number of carbonyl (C=O) groups excluding carboxylic acids is 1. The maximum Gasteiger partial charge on any atom is 0.433 e. The number of aromatic nitrogens is 5. The van der Waals surface area contributed by atoms with Crippen molar-refractivity contribution in [1.82, 2.24) is 24.3 Å². The molecule has 1 aromatic carbocycles. The first-order chi connectivity index (χ1) is 15.4. The molecule has 3 aromatic heterocycles. The van der Waals surface area contributed by atoms with Gasteiger partial charge in [-0.1, -0.05) is 6.07 Å². The van der Waals surface area contributed by atoms with Gasteiger partial charge in [-0.05, 0) is 24.1 Å². The highest BCUT2D eigenvalue weighted by molar-refractivity contribution is 6.04. The molecule has 0 unspecified atom stereocenters. The van der Waals surface area contributed by atoms with E-state index in [4.69, 9.17) is 0 Å². The Balaban J connectivity index is 1.37. The Hall–Kier alpha value is -4.02. The lowest BCUT2D eigenvalue weighted by Crippen LogP contribution is -2.21. The van der Waals surface area contributed by atoms with Crippen molar-refractivity contribution in [3.8, 4) is 0 Å². The topological polar surface area (TPSA) is 88.3 Å². The zero-order chi connectivity index (χ0) is 22.3. The number of nitrogens with one attached hydrogen (secondary N) is 1. The molecule has 0 spiro atoms. The molecule has 1 amide bonds. The van der Waals surface area contributed by atoms with Crippen LogP contribution in [0.25, 0.3) is 5.65 Å². The highest BCUT2D eigenvalue weighted by Gasteiger charge is 2.33. The summed E-state index contributed by atoms with van der Waals surface area (Å²) in [4.78, 5) is 30.2. The number of benzene rings is 1. The average Bonchev–Trinajstić information content (AvgIpc) is 3.38. The SMILES string of the molecule is O=C(Nc1cc(C(F)(F)F)ncn1)c1ccc2c(c1)N(Cc1cnc3cnccn13)CC2. The van der Waals surface area contributed by atoms with Crippen LogP contribution < -0.4 is 10.2 Å². The van der Waals surface area contributed by atoms with Gasteiger partial charge in [0.05, 0.1) is 24.6 Å². The fourth-order valence-electron chi connectivity index (χ4n) is 3.73. The molecule has 0 radical (unpaired) electrons. The molecule has 0 atom stereocenters. The van der Waals surface area contributed by atoms with E-state index in [0.717, 1.165) is 41.9 Å². The molecule has 1 N–H and O–H groups in total. The molecular weight excluding hydrogens is 423 g/mol. The van der Waals surface area contributed by atoms with Crippen molar-refractivity contribution in [3.05, 3.63) is 77.9 Å². The third-order valence-electron chi connectivity index (χ3n) is 5.29. The van der Waals surface area contributed by atoms with Gasteiger partial charge in [-0.15, -0.1) is 0 Å². The van der Waals surface area contributed by atoms with Crippen LogP contribution >= 0.6 is 0 Å². The van der Waals surface area contributed by atoms with Gasteiger partial charge in [-0.2, -0.15) is 13.2 Å². The van der Waals surface area contributed by atoms with E-state index in [-0.39, 0.29) is 5.82 Å². The maximum absolute atomic E-state index is 12.9. The molecule has 162 valence electrons. The molecule has 32 heavy (non-hydrogen) atoms. The van der Waals surface area contributed by atoms with Gasteiger partial charge in [0, 0.05) is 36.3 Å². The van der Waals surface area contributed by atoms with Gasteiger partial charge in [0.25, 0.3) is 5.91 Å². The number of fused-ring (bicyclic) bond motifs is 2. The third kappa shape index (κ3) is 3.72. The Morgan fingerprint density at radius 1 is 1.12 bits per heavy atom. The zero-order valence-electron chi connectivity index (χ0n) is 16.5. The lowest BCUT2D eigenvalue weighted by molar-refractivity contribution is -0.141. The van der Waals surface area contributed by atoms with Crippen molar-refractivity contribution < 1.29 is 18.0 Å². The second-order valence-corrected chi connectivity index (χ2v) is 7.31. The fourth-order valence-corrected chi connectivity index (χ4v) is 3.73. The Bertz CT molecular complexity index is 1320. The number of anilines is 2. The van der Waals surface area contributed by atoms with Crippen molar-refractivity contribution in [1.29, 1.82) is 0 Å². The number of hydrogen-bond acceptors (Lipinski definition) is 6. The highest BCUT2D eigenvalue weighted by Crippen LogP contribution is 2.31. The van der Waals surface area contributed by atoms with Crippen LogP contribution in [-0.4, -0.2) is 36.8 Å². The summed E-state index contributed by atoms with van der Waals surface area (Å²) in [5.74, 6) is -0.763. The molecule has 0 bridgehead atoms. The predicted molar refractivity (Wildman–Crippen MR) is 109 cm³/mol. The monoisotopic (exact) mass is 439 g/mol. The molecule has 0 fully saturated rings. The summed E-state index contributed by atoms with van der Waals surface area (Å²) < 4.78 is 40.5. The smallest absolute Gasteiger partial charge is 0.365 e. The van der Waals surface area contributed by atoms with E-state index in [0.29, 0.717) is 18.2 Å². The molecule has 4 heterocycles. The van der Waals surface area contributed by atoms with Crippen LogP contribution in [0.4, 0.5) is 24.7 Å². The molecule has 0 aliphatic carbocycles. The van der Waals surface area contributed by atoms with Crippen molar-refractivity contribution in [2.45, 2.75) is 19.1 Å². The summed E-state index contributed by atoms with van der Waals surface area (Å²) in [6.45, 7) is 1.36. The van der Waals surface area contributed by atoms with Crippen molar-refractivity contribution >= 4 is 23.1 Å². The van der Waals surface area contributed by atoms with Crippen LogP contribution in [0.3, 0.4) is 0 Å². The number of carbonyl (C=O) groups is 1. The van der Waals surface area contributed by atoms with Crippen molar-refractivity contribution in [3.63, 3.8) is 0 Å². The van der Waals surface area contributed by atoms with Crippen LogP contribution in [0, 0.1) is 0 Å². The molecule has 11 heteroatoms. The quantitative estimate of drug-likeness (QED) is 0.525. The standard InChI is InChI=1S/C21H16F3N7O/c22-21(23,24)17-8-18(28-12-27-17)29-20(32)14-2-1-13-3-5-30(16(13)7-14)11-15-9-26-19-10-25-4-6-31(15)19/h1-2,4,6-10,12H,3,5,11H2,(H,27,28,29,32). The van der Waals surface area contributed by atoms with Gasteiger partial charge in [-0.25, -0.2) is 15.0 Å². The van der Waals surface area contributed by atoms with E-state index < -0.39 is 17.8 Å². The number of amides is 1. The van der Waals surface area contributed by atoms with Crippen LogP contribution in [-0.2, 0) is 19.1 Å². The first-order valence-corrected chi connectivity index (χ1v) is 9.73. The normalized spacial score (nSPS) is 13.4. The van der Waals surface area contributed by atoms with Gasteiger partial charge in [0.2, 0.25) is 0 Å². The van der Waals surface area contributed by atoms with E-state index in [1.807, 2.05) is 16.7 Å². The van der Waals surface area contributed by atoms with Crippen molar-refractivity contribution in [2.24, 2.45) is 0 Å². The lowest BCUT2D eigenvalue weighted by Gasteiger charge is -2.19. The lowest BCUT2D eigenvalue weighted by atomic mass is 10.1. The van der Waals surface area contributed by atoms with Gasteiger partial charge in [0.1, 0.15) is 17.8 Å². The average molecular weight is 439 g/mol. The first kappa shape index (κ1) is 19.9. The van der Waals surface area contributed by atoms with E-state index in [2.05, 4.69) is 30.2 Å². The largest absolute Gasteiger partial charge is 0.433 e. The van der Waals surface area contributed by atoms with Crippen LogP contribution in [0.5, 0.6) is 0 Å². The summed E-state index contributed by atoms with van der Waals surface area (Å²) in [6, 6.07) is 5.97. The van der Waals surface area contributed by atoms with E-state index in [1.165, 1.54) is 0 Å². The van der Waals surface area contributed by atoms with Gasteiger partial charge < -0.3 is 10.2 Å². The fraction of sp³-hybridized carbons (Fsp3) is 0.190. The first-order valence-electron chi connectivity index (χ1n) is 9.73. The molecular formula is C21H16F3N7O. The maximum atomic E-state index is 12.9. The van der Waals surface area contributed by atoms with Gasteiger partial charge in [-0.3, -0.25) is 14.2 Å². The van der Waals surface area contributed by atoms with E-state index in [9.17, 15) is 18.0 Å². The minimum Gasteiger partial charge on any atom is -0.365 e. The molecule has 4 aromatic rings. The van der Waals surface area contributed by atoms with Crippen LogP contribution in [0.15, 0.2) is 55.4 Å². The molecule has 1 aliphatic heterocycles. The van der Waals surface area contributed by atoms with Crippen molar-refractivity contribution in [2.75, 3.05) is 16.8 Å². The summed E-state index contributed by atoms with van der Waals surface area (Å²) in [7, 11) is 0. The summed E-state index contributed by atoms with van der Waals surface area (Å²) in [6.07, 6.45) is 3.99. The second-order valence-electron chi connectivity index (χ2n) is 7.31. The number of alkyl halides is 3. The molecule has 0 saturated carbocycles. The predicted octanol–water partition coefficient (Wildman–Crippen LogP) is 3.35. The summed E-state index contributed by atoms with van der Waals surface area (Å²) in [5.41, 5.74) is 2.93. The zero-order valence-corrected chi connectivity index (χ0v) is 16.5. The minimum atomic E-state index is -4.62. The Labute approximate surface area is 179 Å². The minimum absolute atomic E-state index is 0.214. The number of hydrogen-bond donors (Lipinski definition) is 1. The van der Waals surface area contributed by atoms with Gasteiger partial charge in [0.15, 0.2) is 5.65 Å². The number of imidazole rings is 1. The number of nitrogens with zero attached hydrogens (tertiary/aromatic N) is 6. The highest BCUT2D eigenvalue weighted by atomic mass is 19.4. The number of halogens is 3. The van der Waals surface area contributed by atoms with Crippen LogP contribution in [0.2, 0.25) is 0 Å². The third-order valence-corrected chi connectivity index (χ3v) is 5.29. The molecule has 1 aliphatic rings. The number of rotatable bonds is 4. The Morgan fingerprint density at radius 3 is 2.84 bits per heavy atom. The van der Waals surface area contributed by atoms with E-state index in [1.54, 1.807) is 30.7 Å². The molecule has 8 nitrogen and oxygen atoms in total. The van der Waals surface area contributed by atoms with Crippen LogP contribution in [0.1, 0.15) is 27.3 Å². The molecule has 5 rings (SSSR count). The Kier molecular flexibility index (Phi) is 4.72. The molecule has 0 saturated heterocycles.